The van der Waals surface area contributed by atoms with Gasteiger partial charge in [-0.05, 0) is 49.4 Å². The SMILES string of the molecule is Cc1cc(C(=O)Nc2ccc3oc(-c4cc(F)c(F)cc4Cl)nc3c2)ccc1[N+](=O)[O-]. The van der Waals surface area contributed by atoms with Crippen LogP contribution in [-0.4, -0.2) is 15.8 Å². The Morgan fingerprint density at radius 1 is 1.13 bits per heavy atom. The molecule has 156 valence electrons. The molecule has 0 aliphatic heterocycles. The number of aryl methyl sites for hydroxylation is 1. The molecular formula is C21H12ClF2N3O4. The fraction of sp³-hybridized carbons (Fsp3) is 0.0476. The van der Waals surface area contributed by atoms with E-state index in [9.17, 15) is 23.7 Å². The number of nitro benzene ring substituents is 1. The molecule has 0 aliphatic rings. The van der Waals surface area contributed by atoms with Crippen LogP contribution in [0.4, 0.5) is 20.2 Å². The fourth-order valence-corrected chi connectivity index (χ4v) is 3.24. The zero-order valence-electron chi connectivity index (χ0n) is 15.8. The first-order chi connectivity index (χ1) is 14.7. The predicted octanol–water partition coefficient (Wildman–Crippen LogP) is 5.90. The average molecular weight is 444 g/mol. The molecule has 4 rings (SSSR count). The summed E-state index contributed by atoms with van der Waals surface area (Å²) in [4.78, 5) is 27.1. The number of nitro groups is 1. The highest BCUT2D eigenvalue weighted by Crippen LogP contribution is 2.32. The van der Waals surface area contributed by atoms with Crippen LogP contribution in [0.2, 0.25) is 5.02 Å². The number of amides is 1. The summed E-state index contributed by atoms with van der Waals surface area (Å²) in [6.07, 6.45) is 0. The molecule has 7 nitrogen and oxygen atoms in total. The summed E-state index contributed by atoms with van der Waals surface area (Å²) in [7, 11) is 0. The first-order valence-electron chi connectivity index (χ1n) is 8.85. The molecule has 0 atom stereocenters. The van der Waals surface area contributed by atoms with Crippen LogP contribution < -0.4 is 5.32 Å². The average Bonchev–Trinajstić information content (AvgIpc) is 3.13. The van der Waals surface area contributed by atoms with Crippen molar-refractivity contribution in [1.82, 2.24) is 4.98 Å². The molecule has 0 unspecified atom stereocenters. The van der Waals surface area contributed by atoms with E-state index in [0.717, 1.165) is 12.1 Å². The van der Waals surface area contributed by atoms with Crippen LogP contribution >= 0.6 is 11.6 Å². The molecule has 10 heteroatoms. The summed E-state index contributed by atoms with van der Waals surface area (Å²) in [6, 6.07) is 10.4. The Morgan fingerprint density at radius 2 is 1.87 bits per heavy atom. The van der Waals surface area contributed by atoms with Gasteiger partial charge in [-0.3, -0.25) is 14.9 Å². The van der Waals surface area contributed by atoms with Gasteiger partial charge in [-0.25, -0.2) is 13.8 Å². The third-order valence-corrected chi connectivity index (χ3v) is 4.85. The van der Waals surface area contributed by atoms with Crippen molar-refractivity contribution in [2.75, 3.05) is 5.32 Å². The Hall–Kier alpha value is -3.85. The van der Waals surface area contributed by atoms with E-state index in [0.29, 0.717) is 22.4 Å². The summed E-state index contributed by atoms with van der Waals surface area (Å²) in [5.74, 6) is -2.65. The first kappa shape index (κ1) is 20.4. The zero-order chi connectivity index (χ0) is 22.3. The second kappa shape index (κ2) is 7.77. The first-order valence-corrected chi connectivity index (χ1v) is 9.22. The van der Waals surface area contributed by atoms with E-state index in [1.54, 1.807) is 19.1 Å². The van der Waals surface area contributed by atoms with Gasteiger partial charge in [0.15, 0.2) is 17.2 Å². The number of carbonyl (C=O) groups excluding carboxylic acids is 1. The number of carbonyl (C=O) groups is 1. The number of nitrogens with zero attached hydrogens (tertiary/aromatic N) is 2. The van der Waals surface area contributed by atoms with Gasteiger partial charge in [-0.1, -0.05) is 11.6 Å². The highest BCUT2D eigenvalue weighted by Gasteiger charge is 2.17. The number of oxazole rings is 1. The lowest BCUT2D eigenvalue weighted by Crippen LogP contribution is -2.12. The van der Waals surface area contributed by atoms with Crippen molar-refractivity contribution >= 4 is 40.0 Å². The molecule has 0 bridgehead atoms. The summed E-state index contributed by atoms with van der Waals surface area (Å²) < 4.78 is 32.4. The van der Waals surface area contributed by atoms with Crippen LogP contribution in [0.5, 0.6) is 0 Å². The quantitative estimate of drug-likeness (QED) is 0.241. The van der Waals surface area contributed by atoms with Crippen LogP contribution in [0.15, 0.2) is 52.9 Å². The van der Waals surface area contributed by atoms with Crippen molar-refractivity contribution < 1.29 is 22.9 Å². The standard InChI is InChI=1S/C21H12ClF2N3O4/c1-10-6-11(2-4-18(10)27(29)30)20(28)25-12-3-5-19-17(7-12)26-21(31-19)13-8-15(23)16(24)9-14(13)22/h2-9H,1H3,(H,25,28). The molecule has 4 aromatic rings. The van der Waals surface area contributed by atoms with Gasteiger partial charge in [0.25, 0.3) is 11.6 Å². The predicted molar refractivity (Wildman–Crippen MR) is 110 cm³/mol. The van der Waals surface area contributed by atoms with Gasteiger partial charge < -0.3 is 9.73 Å². The van der Waals surface area contributed by atoms with Crippen molar-refractivity contribution in [3.05, 3.63) is 86.4 Å². The van der Waals surface area contributed by atoms with E-state index >= 15 is 0 Å². The fourth-order valence-electron chi connectivity index (χ4n) is 3.01. The Kier molecular flexibility index (Phi) is 5.12. The molecule has 0 saturated heterocycles. The number of hydrogen-bond acceptors (Lipinski definition) is 5. The molecule has 1 aromatic heterocycles. The lowest BCUT2D eigenvalue weighted by Gasteiger charge is -2.06. The van der Waals surface area contributed by atoms with Crippen LogP contribution in [0.3, 0.4) is 0 Å². The number of rotatable bonds is 4. The maximum absolute atomic E-state index is 13.6. The monoisotopic (exact) mass is 443 g/mol. The summed E-state index contributed by atoms with van der Waals surface area (Å²) in [5, 5.41) is 13.5. The van der Waals surface area contributed by atoms with Gasteiger partial charge in [0.2, 0.25) is 5.89 Å². The van der Waals surface area contributed by atoms with Gasteiger partial charge in [0.05, 0.1) is 15.5 Å². The van der Waals surface area contributed by atoms with Crippen LogP contribution in [0, 0.1) is 28.7 Å². The molecule has 0 aliphatic carbocycles. The number of fused-ring (bicyclic) bond motifs is 1. The molecule has 0 radical (unpaired) electrons. The lowest BCUT2D eigenvalue weighted by atomic mass is 10.1. The van der Waals surface area contributed by atoms with Gasteiger partial charge in [0, 0.05) is 22.9 Å². The molecule has 1 amide bonds. The van der Waals surface area contributed by atoms with Crippen molar-refractivity contribution in [2.45, 2.75) is 6.92 Å². The van der Waals surface area contributed by atoms with Crippen LogP contribution in [-0.2, 0) is 0 Å². The Balaban J connectivity index is 1.62. The number of anilines is 1. The molecule has 0 saturated carbocycles. The molecule has 1 N–H and O–H groups in total. The van der Waals surface area contributed by atoms with E-state index in [4.69, 9.17) is 16.0 Å². The molecular weight excluding hydrogens is 432 g/mol. The number of halogens is 3. The number of benzene rings is 3. The van der Waals surface area contributed by atoms with E-state index in [2.05, 4.69) is 10.3 Å². The maximum atomic E-state index is 13.6. The summed E-state index contributed by atoms with van der Waals surface area (Å²) >= 11 is 5.97. The number of hydrogen-bond donors (Lipinski definition) is 1. The van der Waals surface area contributed by atoms with Gasteiger partial charge >= 0.3 is 0 Å². The summed E-state index contributed by atoms with van der Waals surface area (Å²) in [6.45, 7) is 1.54. The van der Waals surface area contributed by atoms with Crippen molar-refractivity contribution in [3.63, 3.8) is 0 Å². The van der Waals surface area contributed by atoms with Gasteiger partial charge in [-0.15, -0.1) is 0 Å². The molecule has 3 aromatic carbocycles. The van der Waals surface area contributed by atoms with E-state index in [1.807, 2.05) is 0 Å². The number of aromatic nitrogens is 1. The second-order valence-electron chi connectivity index (χ2n) is 6.66. The normalized spacial score (nSPS) is 11.0. The molecule has 1 heterocycles. The highest BCUT2D eigenvalue weighted by atomic mass is 35.5. The zero-order valence-corrected chi connectivity index (χ0v) is 16.5. The van der Waals surface area contributed by atoms with E-state index in [-0.39, 0.29) is 27.7 Å². The molecule has 0 spiro atoms. The lowest BCUT2D eigenvalue weighted by molar-refractivity contribution is -0.385. The topological polar surface area (TPSA) is 98.3 Å². The third-order valence-electron chi connectivity index (χ3n) is 4.54. The van der Waals surface area contributed by atoms with Gasteiger partial charge in [-0.2, -0.15) is 0 Å². The smallest absolute Gasteiger partial charge is 0.272 e. The largest absolute Gasteiger partial charge is 0.436 e. The third kappa shape index (κ3) is 3.95. The van der Waals surface area contributed by atoms with Crippen molar-refractivity contribution in [3.8, 4) is 11.5 Å². The Morgan fingerprint density at radius 3 is 2.58 bits per heavy atom. The minimum absolute atomic E-state index is 0.00614. The minimum atomic E-state index is -1.09. The Labute approximate surface area is 178 Å². The maximum Gasteiger partial charge on any atom is 0.272 e. The van der Waals surface area contributed by atoms with Gasteiger partial charge in [0.1, 0.15) is 5.52 Å². The molecule has 31 heavy (non-hydrogen) atoms. The minimum Gasteiger partial charge on any atom is -0.436 e. The van der Waals surface area contributed by atoms with E-state index in [1.165, 1.54) is 24.3 Å². The van der Waals surface area contributed by atoms with E-state index < -0.39 is 22.5 Å². The molecule has 0 fully saturated rings. The second-order valence-corrected chi connectivity index (χ2v) is 7.07. The van der Waals surface area contributed by atoms with Crippen molar-refractivity contribution in [1.29, 1.82) is 0 Å². The summed E-state index contributed by atoms with van der Waals surface area (Å²) in [5.41, 5.74) is 1.71. The Bertz CT molecular complexity index is 1370. The van der Waals surface area contributed by atoms with Crippen LogP contribution in [0.25, 0.3) is 22.6 Å². The van der Waals surface area contributed by atoms with Crippen LogP contribution in [0.1, 0.15) is 15.9 Å². The highest BCUT2D eigenvalue weighted by molar-refractivity contribution is 6.33. The number of nitrogens with one attached hydrogen (secondary N) is 1. The van der Waals surface area contributed by atoms with Crippen molar-refractivity contribution in [2.24, 2.45) is 0 Å².